The molecule has 1 aromatic rings. The summed E-state index contributed by atoms with van der Waals surface area (Å²) in [6, 6.07) is 1.81. The van der Waals surface area contributed by atoms with Gasteiger partial charge >= 0.3 is 0 Å². The number of amides is 1. The Morgan fingerprint density at radius 1 is 1.60 bits per heavy atom. The monoisotopic (exact) mass is 207 g/mol. The molecule has 4 nitrogen and oxygen atoms in total. The Kier molecular flexibility index (Phi) is 3.66. The average Bonchev–Trinajstić information content (AvgIpc) is 2.18. The smallest absolute Gasteiger partial charge is 0.257 e. The summed E-state index contributed by atoms with van der Waals surface area (Å²) in [6.45, 7) is 6.58. The Morgan fingerprint density at radius 3 is 2.73 bits per heavy atom. The molecular weight excluding hydrogens is 190 g/mol. The molecule has 0 radical (unpaired) electrons. The number of anilines is 1. The van der Waals surface area contributed by atoms with Crippen molar-refractivity contribution in [2.75, 3.05) is 12.3 Å². The van der Waals surface area contributed by atoms with Crippen LogP contribution in [0.15, 0.2) is 18.5 Å². The topological polar surface area (TPSA) is 59.2 Å². The Balaban J connectivity index is 2.98. The molecule has 0 aliphatic heterocycles. The molecule has 0 aliphatic rings. The van der Waals surface area contributed by atoms with Crippen molar-refractivity contribution >= 4 is 11.6 Å². The minimum Gasteiger partial charge on any atom is -0.398 e. The number of carbonyl (C=O) groups is 1. The highest BCUT2D eigenvalue weighted by atomic mass is 16.2. The van der Waals surface area contributed by atoms with E-state index in [-0.39, 0.29) is 11.9 Å². The van der Waals surface area contributed by atoms with Crippen LogP contribution in [0.1, 0.15) is 31.1 Å². The molecule has 0 spiro atoms. The van der Waals surface area contributed by atoms with Gasteiger partial charge in [-0.2, -0.15) is 0 Å². The maximum absolute atomic E-state index is 12.0. The molecule has 0 aromatic carbocycles. The molecule has 1 heterocycles. The molecule has 0 saturated heterocycles. The van der Waals surface area contributed by atoms with Gasteiger partial charge in [-0.15, -0.1) is 0 Å². The van der Waals surface area contributed by atoms with Crippen LogP contribution in [0.5, 0.6) is 0 Å². The predicted molar refractivity (Wildman–Crippen MR) is 60.5 cm³/mol. The molecule has 2 N–H and O–H groups in total. The lowest BCUT2D eigenvalue weighted by atomic mass is 10.2. The van der Waals surface area contributed by atoms with Gasteiger partial charge in [0, 0.05) is 30.7 Å². The van der Waals surface area contributed by atoms with E-state index in [1.807, 2.05) is 20.8 Å². The fourth-order valence-corrected chi connectivity index (χ4v) is 1.48. The summed E-state index contributed by atoms with van der Waals surface area (Å²) in [7, 11) is 0. The normalized spacial score (nSPS) is 10.4. The molecule has 1 amide bonds. The first-order valence-electron chi connectivity index (χ1n) is 5.08. The van der Waals surface area contributed by atoms with Crippen LogP contribution in [0, 0.1) is 0 Å². The van der Waals surface area contributed by atoms with Gasteiger partial charge in [-0.25, -0.2) is 0 Å². The van der Waals surface area contributed by atoms with E-state index in [1.54, 1.807) is 17.2 Å². The molecule has 0 aliphatic carbocycles. The molecule has 0 fully saturated rings. The molecule has 4 heteroatoms. The largest absolute Gasteiger partial charge is 0.398 e. The fourth-order valence-electron chi connectivity index (χ4n) is 1.48. The number of nitrogens with two attached hydrogens (primary N) is 1. The van der Waals surface area contributed by atoms with Crippen LogP contribution in [0.3, 0.4) is 0 Å². The number of nitrogens with zero attached hydrogens (tertiary/aromatic N) is 2. The van der Waals surface area contributed by atoms with E-state index in [9.17, 15) is 4.79 Å². The molecule has 82 valence electrons. The third-order valence-electron chi connectivity index (χ3n) is 2.31. The first-order valence-corrected chi connectivity index (χ1v) is 5.08. The number of rotatable bonds is 3. The van der Waals surface area contributed by atoms with Crippen LogP contribution >= 0.6 is 0 Å². The first kappa shape index (κ1) is 11.5. The molecule has 0 bridgehead atoms. The van der Waals surface area contributed by atoms with Crippen molar-refractivity contribution in [1.82, 2.24) is 9.88 Å². The van der Waals surface area contributed by atoms with Crippen molar-refractivity contribution in [3.63, 3.8) is 0 Å². The second kappa shape index (κ2) is 4.77. The summed E-state index contributed by atoms with van der Waals surface area (Å²) in [5.41, 5.74) is 6.69. The number of nitrogen functional groups attached to an aromatic ring is 1. The predicted octanol–water partition coefficient (Wildman–Crippen LogP) is 1.53. The van der Waals surface area contributed by atoms with Gasteiger partial charge < -0.3 is 10.6 Å². The van der Waals surface area contributed by atoms with Crippen LogP contribution in [0.2, 0.25) is 0 Å². The minimum atomic E-state index is -0.0573. The zero-order chi connectivity index (χ0) is 11.4. The van der Waals surface area contributed by atoms with E-state index >= 15 is 0 Å². The number of pyridine rings is 1. The van der Waals surface area contributed by atoms with Gasteiger partial charge in [-0.1, -0.05) is 0 Å². The average molecular weight is 207 g/mol. The first-order chi connectivity index (χ1) is 7.07. The molecule has 1 aromatic heterocycles. The van der Waals surface area contributed by atoms with Gasteiger partial charge in [0.1, 0.15) is 0 Å². The zero-order valence-electron chi connectivity index (χ0n) is 9.40. The van der Waals surface area contributed by atoms with Crippen LogP contribution in [-0.4, -0.2) is 28.4 Å². The summed E-state index contributed by atoms with van der Waals surface area (Å²) in [5, 5.41) is 0. The van der Waals surface area contributed by atoms with Gasteiger partial charge in [0.05, 0.1) is 5.56 Å². The van der Waals surface area contributed by atoms with E-state index in [2.05, 4.69) is 4.98 Å². The third kappa shape index (κ3) is 2.46. The van der Waals surface area contributed by atoms with Gasteiger partial charge in [0.2, 0.25) is 0 Å². The third-order valence-corrected chi connectivity index (χ3v) is 2.31. The molecule has 0 unspecified atom stereocenters. The lowest BCUT2D eigenvalue weighted by Gasteiger charge is -2.25. The highest BCUT2D eigenvalue weighted by Gasteiger charge is 2.18. The van der Waals surface area contributed by atoms with Gasteiger partial charge in [0.25, 0.3) is 5.91 Å². The summed E-state index contributed by atoms with van der Waals surface area (Å²) in [6.07, 6.45) is 3.10. The quantitative estimate of drug-likeness (QED) is 0.817. The van der Waals surface area contributed by atoms with Crippen LogP contribution < -0.4 is 5.73 Å². The number of carbonyl (C=O) groups excluding carboxylic acids is 1. The number of hydrogen-bond donors (Lipinski definition) is 1. The zero-order valence-corrected chi connectivity index (χ0v) is 9.40. The van der Waals surface area contributed by atoms with Crippen molar-refractivity contribution in [3.05, 3.63) is 24.0 Å². The molecule has 0 saturated carbocycles. The van der Waals surface area contributed by atoms with Crippen LogP contribution in [-0.2, 0) is 0 Å². The summed E-state index contributed by atoms with van der Waals surface area (Å²) in [5.74, 6) is -0.0573. The maximum Gasteiger partial charge on any atom is 0.257 e. The minimum absolute atomic E-state index is 0.0573. The Morgan fingerprint density at radius 2 is 2.27 bits per heavy atom. The lowest BCUT2D eigenvalue weighted by Crippen LogP contribution is -2.37. The molecular formula is C11H17N3O. The van der Waals surface area contributed by atoms with Crippen molar-refractivity contribution in [2.24, 2.45) is 0 Å². The highest BCUT2D eigenvalue weighted by molar-refractivity contribution is 5.98. The molecule has 15 heavy (non-hydrogen) atoms. The van der Waals surface area contributed by atoms with Crippen LogP contribution in [0.25, 0.3) is 0 Å². The van der Waals surface area contributed by atoms with E-state index in [0.717, 1.165) is 0 Å². The summed E-state index contributed by atoms with van der Waals surface area (Å²) >= 11 is 0. The molecule has 0 atom stereocenters. The van der Waals surface area contributed by atoms with E-state index in [1.165, 1.54) is 6.20 Å². The summed E-state index contributed by atoms with van der Waals surface area (Å²) < 4.78 is 0. The Labute approximate surface area is 90.1 Å². The highest BCUT2D eigenvalue weighted by Crippen LogP contribution is 2.13. The second-order valence-corrected chi connectivity index (χ2v) is 3.65. The van der Waals surface area contributed by atoms with Gasteiger partial charge in [-0.3, -0.25) is 9.78 Å². The summed E-state index contributed by atoms with van der Waals surface area (Å²) in [4.78, 5) is 17.7. The second-order valence-electron chi connectivity index (χ2n) is 3.65. The van der Waals surface area contributed by atoms with E-state index in [4.69, 9.17) is 5.73 Å². The van der Waals surface area contributed by atoms with E-state index < -0.39 is 0 Å². The Bertz CT molecular complexity index is 349. The van der Waals surface area contributed by atoms with Gasteiger partial charge in [-0.05, 0) is 26.8 Å². The molecule has 1 rings (SSSR count). The SMILES string of the molecule is CCN(C(=O)c1cnccc1N)C(C)C. The standard InChI is InChI=1S/C11H17N3O/c1-4-14(8(2)3)11(15)9-7-13-6-5-10(9)12/h5-8H,4H2,1-3H3,(H2,12,13). The van der Waals surface area contributed by atoms with Gasteiger partial charge in [0.15, 0.2) is 0 Å². The number of hydrogen-bond acceptors (Lipinski definition) is 3. The lowest BCUT2D eigenvalue weighted by molar-refractivity contribution is 0.0717. The van der Waals surface area contributed by atoms with Crippen molar-refractivity contribution in [3.8, 4) is 0 Å². The van der Waals surface area contributed by atoms with Crippen molar-refractivity contribution in [1.29, 1.82) is 0 Å². The van der Waals surface area contributed by atoms with E-state index in [0.29, 0.717) is 17.8 Å². The van der Waals surface area contributed by atoms with Crippen molar-refractivity contribution < 1.29 is 4.79 Å². The fraction of sp³-hybridized carbons (Fsp3) is 0.455. The maximum atomic E-state index is 12.0. The Hall–Kier alpha value is -1.58. The number of aromatic nitrogens is 1. The van der Waals surface area contributed by atoms with Crippen LogP contribution in [0.4, 0.5) is 5.69 Å². The van der Waals surface area contributed by atoms with Crippen molar-refractivity contribution in [2.45, 2.75) is 26.8 Å².